The number of benzene rings is 1. The standard InChI is InChI=1S/C20H17N3O3S/c1-26-20(25)14-4-5-17-13(9-14)6-8-23(17)18(24)10-16-12-27-19(22-16)15-3-2-7-21-11-15/h2-5,7,9,11-12H,6,8,10H2,1H3. The quantitative estimate of drug-likeness (QED) is 0.651. The summed E-state index contributed by atoms with van der Waals surface area (Å²) in [5.74, 6) is -0.365. The van der Waals surface area contributed by atoms with Crippen molar-refractivity contribution in [1.29, 1.82) is 0 Å². The van der Waals surface area contributed by atoms with Gasteiger partial charge in [0, 0.05) is 35.6 Å². The summed E-state index contributed by atoms with van der Waals surface area (Å²) in [6, 6.07) is 9.13. The van der Waals surface area contributed by atoms with Crippen LogP contribution in [0.25, 0.3) is 10.6 Å². The van der Waals surface area contributed by atoms with Crippen molar-refractivity contribution in [3.8, 4) is 10.6 Å². The molecule has 1 aliphatic rings. The maximum atomic E-state index is 12.8. The average Bonchev–Trinajstić information content (AvgIpc) is 3.34. The molecule has 27 heavy (non-hydrogen) atoms. The van der Waals surface area contributed by atoms with E-state index in [4.69, 9.17) is 4.74 Å². The molecule has 7 heteroatoms. The first kappa shape index (κ1) is 17.4. The topological polar surface area (TPSA) is 72.4 Å². The van der Waals surface area contributed by atoms with Gasteiger partial charge in [0.25, 0.3) is 0 Å². The number of nitrogens with zero attached hydrogens (tertiary/aromatic N) is 3. The van der Waals surface area contributed by atoms with E-state index in [1.165, 1.54) is 18.4 Å². The van der Waals surface area contributed by atoms with Crippen molar-refractivity contribution in [2.45, 2.75) is 12.8 Å². The van der Waals surface area contributed by atoms with E-state index in [0.29, 0.717) is 12.1 Å². The number of fused-ring (bicyclic) bond motifs is 1. The normalized spacial score (nSPS) is 12.7. The van der Waals surface area contributed by atoms with E-state index in [1.54, 1.807) is 29.4 Å². The van der Waals surface area contributed by atoms with Crippen LogP contribution in [0.2, 0.25) is 0 Å². The van der Waals surface area contributed by atoms with Crippen LogP contribution in [-0.4, -0.2) is 35.5 Å². The molecular formula is C20H17N3O3S. The minimum Gasteiger partial charge on any atom is -0.465 e. The Hall–Kier alpha value is -3.06. The third-order valence-corrected chi connectivity index (χ3v) is 5.43. The fourth-order valence-corrected chi connectivity index (χ4v) is 3.98. The maximum absolute atomic E-state index is 12.8. The van der Waals surface area contributed by atoms with Crippen molar-refractivity contribution in [2.75, 3.05) is 18.6 Å². The molecule has 136 valence electrons. The zero-order valence-electron chi connectivity index (χ0n) is 14.7. The number of rotatable bonds is 4. The molecule has 0 aliphatic carbocycles. The summed E-state index contributed by atoms with van der Waals surface area (Å²) in [6.45, 7) is 0.610. The van der Waals surface area contributed by atoms with Gasteiger partial charge in [-0.2, -0.15) is 0 Å². The van der Waals surface area contributed by atoms with Crippen LogP contribution in [0.1, 0.15) is 21.6 Å². The minimum atomic E-state index is -0.368. The summed E-state index contributed by atoms with van der Waals surface area (Å²) in [5.41, 5.74) is 4.05. The first-order chi connectivity index (χ1) is 13.2. The monoisotopic (exact) mass is 379 g/mol. The van der Waals surface area contributed by atoms with Crippen LogP contribution in [0.4, 0.5) is 5.69 Å². The Morgan fingerprint density at radius 3 is 2.96 bits per heavy atom. The van der Waals surface area contributed by atoms with Gasteiger partial charge in [-0.1, -0.05) is 0 Å². The molecule has 3 heterocycles. The van der Waals surface area contributed by atoms with Gasteiger partial charge in [-0.15, -0.1) is 11.3 Å². The van der Waals surface area contributed by atoms with Crippen molar-refractivity contribution in [3.63, 3.8) is 0 Å². The maximum Gasteiger partial charge on any atom is 0.337 e. The fourth-order valence-electron chi connectivity index (χ4n) is 3.17. The van der Waals surface area contributed by atoms with E-state index in [9.17, 15) is 9.59 Å². The van der Waals surface area contributed by atoms with Gasteiger partial charge in [0.1, 0.15) is 5.01 Å². The number of pyridine rings is 1. The number of thiazole rings is 1. The van der Waals surface area contributed by atoms with E-state index in [0.717, 1.165) is 33.9 Å². The predicted molar refractivity (Wildman–Crippen MR) is 103 cm³/mol. The molecule has 0 radical (unpaired) electrons. The van der Waals surface area contributed by atoms with Gasteiger partial charge >= 0.3 is 5.97 Å². The number of amides is 1. The summed E-state index contributed by atoms with van der Waals surface area (Å²) in [7, 11) is 1.36. The number of carbonyl (C=O) groups excluding carboxylic acids is 2. The highest BCUT2D eigenvalue weighted by Gasteiger charge is 2.26. The van der Waals surface area contributed by atoms with Gasteiger partial charge in [0.2, 0.25) is 5.91 Å². The molecule has 0 fully saturated rings. The van der Waals surface area contributed by atoms with Crippen molar-refractivity contribution in [1.82, 2.24) is 9.97 Å². The van der Waals surface area contributed by atoms with E-state index in [-0.39, 0.29) is 18.3 Å². The molecule has 3 aromatic rings. The number of esters is 1. The van der Waals surface area contributed by atoms with Crippen molar-refractivity contribution >= 4 is 28.9 Å². The van der Waals surface area contributed by atoms with E-state index < -0.39 is 0 Å². The van der Waals surface area contributed by atoms with Gasteiger partial charge in [-0.25, -0.2) is 9.78 Å². The molecule has 0 saturated carbocycles. The van der Waals surface area contributed by atoms with Crippen LogP contribution in [0.15, 0.2) is 48.1 Å². The molecule has 0 saturated heterocycles. The lowest BCUT2D eigenvalue weighted by molar-refractivity contribution is -0.117. The van der Waals surface area contributed by atoms with E-state index >= 15 is 0 Å². The van der Waals surface area contributed by atoms with Crippen LogP contribution in [0.3, 0.4) is 0 Å². The van der Waals surface area contributed by atoms with Crippen molar-refractivity contribution in [2.24, 2.45) is 0 Å². The number of hydrogen-bond acceptors (Lipinski definition) is 6. The fraction of sp³-hybridized carbons (Fsp3) is 0.200. The number of ether oxygens (including phenoxy) is 1. The third kappa shape index (κ3) is 3.46. The molecule has 1 aliphatic heterocycles. The highest BCUT2D eigenvalue weighted by Crippen LogP contribution is 2.30. The number of hydrogen-bond donors (Lipinski definition) is 0. The summed E-state index contributed by atoms with van der Waals surface area (Å²) < 4.78 is 4.76. The molecule has 1 amide bonds. The zero-order valence-corrected chi connectivity index (χ0v) is 15.5. The molecule has 6 nitrogen and oxygen atoms in total. The highest BCUT2D eigenvalue weighted by atomic mass is 32.1. The molecule has 0 bridgehead atoms. The molecule has 4 rings (SSSR count). The molecule has 0 spiro atoms. The second-order valence-corrected chi connectivity index (χ2v) is 7.05. The van der Waals surface area contributed by atoms with Gasteiger partial charge in [-0.05, 0) is 42.3 Å². The zero-order chi connectivity index (χ0) is 18.8. The second kappa shape index (κ2) is 7.28. The van der Waals surface area contributed by atoms with Crippen LogP contribution >= 0.6 is 11.3 Å². The lowest BCUT2D eigenvalue weighted by Crippen LogP contribution is -2.30. The molecule has 0 N–H and O–H groups in total. The molecular weight excluding hydrogens is 362 g/mol. The Bertz CT molecular complexity index is 1000. The Morgan fingerprint density at radius 2 is 2.19 bits per heavy atom. The minimum absolute atomic E-state index is 0.00241. The SMILES string of the molecule is COC(=O)c1ccc2c(c1)CCN2C(=O)Cc1csc(-c2cccnc2)n1. The van der Waals surface area contributed by atoms with Crippen molar-refractivity contribution in [3.05, 3.63) is 64.9 Å². The third-order valence-electron chi connectivity index (χ3n) is 4.49. The Morgan fingerprint density at radius 1 is 1.30 bits per heavy atom. The first-order valence-corrected chi connectivity index (χ1v) is 9.40. The molecule has 0 unspecified atom stereocenters. The lowest BCUT2D eigenvalue weighted by Gasteiger charge is -2.17. The van der Waals surface area contributed by atoms with Gasteiger partial charge in [0.15, 0.2) is 0 Å². The highest BCUT2D eigenvalue weighted by molar-refractivity contribution is 7.13. The van der Waals surface area contributed by atoms with E-state index in [2.05, 4.69) is 9.97 Å². The van der Waals surface area contributed by atoms with Crippen LogP contribution < -0.4 is 4.90 Å². The number of methoxy groups -OCH3 is 1. The van der Waals surface area contributed by atoms with E-state index in [1.807, 2.05) is 23.6 Å². The summed E-state index contributed by atoms with van der Waals surface area (Å²) in [4.78, 5) is 34.9. The largest absolute Gasteiger partial charge is 0.465 e. The first-order valence-electron chi connectivity index (χ1n) is 8.52. The number of carbonyl (C=O) groups is 2. The summed E-state index contributed by atoms with van der Waals surface area (Å²) in [5, 5.41) is 2.77. The Balaban J connectivity index is 1.49. The summed E-state index contributed by atoms with van der Waals surface area (Å²) in [6.07, 6.45) is 4.46. The Kier molecular flexibility index (Phi) is 4.68. The predicted octanol–water partition coefficient (Wildman–Crippen LogP) is 3.12. The second-order valence-electron chi connectivity index (χ2n) is 6.19. The molecule has 2 aromatic heterocycles. The summed E-state index contributed by atoms with van der Waals surface area (Å²) >= 11 is 1.51. The molecule has 1 aromatic carbocycles. The Labute approximate surface area is 160 Å². The van der Waals surface area contributed by atoms with Gasteiger partial charge in [-0.3, -0.25) is 9.78 Å². The van der Waals surface area contributed by atoms with Crippen LogP contribution in [0, 0.1) is 0 Å². The van der Waals surface area contributed by atoms with Gasteiger partial charge in [0.05, 0.1) is 24.8 Å². The number of aromatic nitrogens is 2. The van der Waals surface area contributed by atoms with Gasteiger partial charge < -0.3 is 9.64 Å². The number of anilines is 1. The lowest BCUT2D eigenvalue weighted by atomic mass is 10.1. The van der Waals surface area contributed by atoms with Crippen LogP contribution in [-0.2, 0) is 22.4 Å². The average molecular weight is 379 g/mol. The molecule has 0 atom stereocenters. The smallest absolute Gasteiger partial charge is 0.337 e. The van der Waals surface area contributed by atoms with Crippen molar-refractivity contribution < 1.29 is 14.3 Å². The van der Waals surface area contributed by atoms with Crippen LogP contribution in [0.5, 0.6) is 0 Å².